The van der Waals surface area contributed by atoms with Crippen LogP contribution in [0.3, 0.4) is 0 Å². The van der Waals surface area contributed by atoms with Crippen molar-refractivity contribution in [2.45, 2.75) is 38.6 Å². The number of sulfonamides is 1. The molecule has 0 radical (unpaired) electrons. The van der Waals surface area contributed by atoms with Crippen LogP contribution in [0.1, 0.15) is 23.6 Å². The molecule has 1 atom stereocenters. The van der Waals surface area contributed by atoms with Gasteiger partial charge in [0.05, 0.1) is 10.9 Å². The summed E-state index contributed by atoms with van der Waals surface area (Å²) in [6, 6.07) is 12.5. The van der Waals surface area contributed by atoms with E-state index in [9.17, 15) is 13.2 Å². The Morgan fingerprint density at radius 2 is 1.52 bits per heavy atom. The zero-order chi connectivity index (χ0) is 21.2. The summed E-state index contributed by atoms with van der Waals surface area (Å²) >= 11 is 0. The molecular weight excluding hydrogens is 386 g/mol. The second-order valence-electron chi connectivity index (χ2n) is 7.74. The van der Waals surface area contributed by atoms with Crippen molar-refractivity contribution in [3.05, 3.63) is 59.2 Å². The van der Waals surface area contributed by atoms with Gasteiger partial charge in [0.2, 0.25) is 15.9 Å². The van der Waals surface area contributed by atoms with E-state index in [1.165, 1.54) is 4.31 Å². The van der Waals surface area contributed by atoms with Crippen molar-refractivity contribution in [3.63, 3.8) is 0 Å². The van der Waals surface area contributed by atoms with E-state index in [-0.39, 0.29) is 11.9 Å². The Labute approximate surface area is 173 Å². The van der Waals surface area contributed by atoms with Crippen molar-refractivity contribution in [1.82, 2.24) is 9.21 Å². The largest absolute Gasteiger partial charge is 0.324 e. The number of anilines is 1. The van der Waals surface area contributed by atoms with Crippen LogP contribution in [-0.2, 0) is 14.8 Å². The Bertz CT molecular complexity index is 979. The van der Waals surface area contributed by atoms with E-state index in [4.69, 9.17) is 0 Å². The van der Waals surface area contributed by atoms with Gasteiger partial charge in [-0.2, -0.15) is 4.31 Å². The molecule has 1 fully saturated rings. The molecule has 1 heterocycles. The number of nitrogens with zero attached hydrogens (tertiary/aromatic N) is 2. The van der Waals surface area contributed by atoms with Crippen molar-refractivity contribution in [2.75, 3.05) is 31.5 Å². The lowest BCUT2D eigenvalue weighted by atomic mass is 10.1. The third kappa shape index (κ3) is 4.86. The minimum atomic E-state index is -3.50. The molecule has 1 aliphatic heterocycles. The molecule has 0 spiro atoms. The Kier molecular flexibility index (Phi) is 6.41. The van der Waals surface area contributed by atoms with Crippen LogP contribution in [0.2, 0.25) is 0 Å². The summed E-state index contributed by atoms with van der Waals surface area (Å²) in [5.74, 6) is -0.0770. The molecule has 1 N–H and O–H groups in total. The summed E-state index contributed by atoms with van der Waals surface area (Å²) < 4.78 is 27.2. The maximum Gasteiger partial charge on any atom is 0.243 e. The van der Waals surface area contributed by atoms with Crippen LogP contribution in [-0.4, -0.2) is 55.8 Å². The highest BCUT2D eigenvalue weighted by Crippen LogP contribution is 2.20. The molecule has 0 aliphatic carbocycles. The van der Waals surface area contributed by atoms with Gasteiger partial charge in [-0.15, -0.1) is 0 Å². The summed E-state index contributed by atoms with van der Waals surface area (Å²) in [7, 11) is -3.50. The number of aryl methyl sites for hydroxylation is 3. The number of carbonyl (C=O) groups is 1. The molecule has 3 rings (SSSR count). The highest BCUT2D eigenvalue weighted by Gasteiger charge is 2.31. The lowest BCUT2D eigenvalue weighted by molar-refractivity contribution is -0.121. The molecule has 29 heavy (non-hydrogen) atoms. The summed E-state index contributed by atoms with van der Waals surface area (Å²) in [6.07, 6.45) is 0. The van der Waals surface area contributed by atoms with Crippen LogP contribution in [0.15, 0.2) is 47.4 Å². The molecule has 0 bridgehead atoms. The Balaban J connectivity index is 1.60. The van der Waals surface area contributed by atoms with Gasteiger partial charge in [-0.05, 0) is 51.5 Å². The maximum absolute atomic E-state index is 12.8. The smallest absolute Gasteiger partial charge is 0.243 e. The van der Waals surface area contributed by atoms with Crippen molar-refractivity contribution in [1.29, 1.82) is 0 Å². The number of hydrogen-bond acceptors (Lipinski definition) is 4. The van der Waals surface area contributed by atoms with Crippen LogP contribution >= 0.6 is 0 Å². The molecule has 2 aromatic carbocycles. The van der Waals surface area contributed by atoms with Crippen LogP contribution in [0.5, 0.6) is 0 Å². The van der Waals surface area contributed by atoms with Gasteiger partial charge in [0.25, 0.3) is 0 Å². The molecule has 1 saturated heterocycles. The molecule has 0 saturated carbocycles. The Morgan fingerprint density at radius 3 is 2.10 bits per heavy atom. The van der Waals surface area contributed by atoms with E-state index in [2.05, 4.69) is 5.32 Å². The number of rotatable bonds is 5. The first-order valence-electron chi connectivity index (χ1n) is 9.87. The first-order chi connectivity index (χ1) is 13.7. The van der Waals surface area contributed by atoms with Crippen LogP contribution in [0, 0.1) is 20.8 Å². The molecule has 7 heteroatoms. The van der Waals surface area contributed by atoms with Gasteiger partial charge in [-0.25, -0.2) is 8.42 Å². The lowest BCUT2D eigenvalue weighted by Crippen LogP contribution is -2.53. The molecular formula is C22H29N3O3S. The predicted molar refractivity (Wildman–Crippen MR) is 116 cm³/mol. The van der Waals surface area contributed by atoms with Crippen molar-refractivity contribution in [2.24, 2.45) is 0 Å². The van der Waals surface area contributed by atoms with Crippen molar-refractivity contribution >= 4 is 21.6 Å². The summed E-state index contributed by atoms with van der Waals surface area (Å²) in [5.41, 5.74) is 4.02. The first-order valence-corrected chi connectivity index (χ1v) is 11.3. The van der Waals surface area contributed by atoms with Crippen LogP contribution in [0.25, 0.3) is 0 Å². The van der Waals surface area contributed by atoms with E-state index in [1.54, 1.807) is 12.1 Å². The number of hydrogen-bond donors (Lipinski definition) is 1. The first kappa shape index (κ1) is 21.5. The Hall–Kier alpha value is -2.22. The van der Waals surface area contributed by atoms with Gasteiger partial charge in [-0.3, -0.25) is 9.69 Å². The quantitative estimate of drug-likeness (QED) is 0.815. The van der Waals surface area contributed by atoms with Crippen LogP contribution in [0.4, 0.5) is 5.69 Å². The second kappa shape index (κ2) is 8.65. The van der Waals surface area contributed by atoms with Crippen LogP contribution < -0.4 is 5.32 Å². The fourth-order valence-electron chi connectivity index (χ4n) is 3.55. The van der Waals surface area contributed by atoms with Gasteiger partial charge in [-0.1, -0.05) is 35.4 Å². The molecule has 2 aromatic rings. The number of benzene rings is 2. The summed E-state index contributed by atoms with van der Waals surface area (Å²) in [4.78, 5) is 15.0. The fourth-order valence-corrected chi connectivity index (χ4v) is 4.97. The third-order valence-corrected chi connectivity index (χ3v) is 7.41. The average molecular weight is 416 g/mol. The molecule has 0 unspecified atom stereocenters. The minimum absolute atomic E-state index is 0.0770. The average Bonchev–Trinajstić information content (AvgIpc) is 2.70. The summed E-state index contributed by atoms with van der Waals surface area (Å²) in [5, 5.41) is 2.99. The standard InChI is InChI=1S/C22H29N3O3S/c1-16-5-8-20(9-6-16)29(27,28)25-13-11-24(12-14-25)19(4)22(26)23-21-10-7-17(2)15-18(21)3/h5-10,15,19H,11-14H2,1-4H3,(H,23,26)/t19-/m0/s1. The second-order valence-corrected chi connectivity index (χ2v) is 9.67. The van der Waals surface area contributed by atoms with E-state index < -0.39 is 10.0 Å². The highest BCUT2D eigenvalue weighted by atomic mass is 32.2. The van der Waals surface area contributed by atoms with Gasteiger partial charge in [0, 0.05) is 31.9 Å². The molecule has 0 aromatic heterocycles. The number of carbonyl (C=O) groups excluding carboxylic acids is 1. The van der Waals surface area contributed by atoms with Gasteiger partial charge in [0.1, 0.15) is 0 Å². The number of amides is 1. The highest BCUT2D eigenvalue weighted by molar-refractivity contribution is 7.89. The molecule has 156 valence electrons. The van der Waals surface area contributed by atoms with Crippen molar-refractivity contribution in [3.8, 4) is 0 Å². The fraction of sp³-hybridized carbons (Fsp3) is 0.409. The van der Waals surface area contributed by atoms with Gasteiger partial charge >= 0.3 is 0 Å². The lowest BCUT2D eigenvalue weighted by Gasteiger charge is -2.36. The number of nitrogens with one attached hydrogen (secondary N) is 1. The van der Waals surface area contributed by atoms with E-state index >= 15 is 0 Å². The predicted octanol–water partition coefficient (Wildman–Crippen LogP) is 2.95. The molecule has 1 aliphatic rings. The zero-order valence-corrected chi connectivity index (χ0v) is 18.3. The number of piperazine rings is 1. The molecule has 6 nitrogen and oxygen atoms in total. The normalized spacial score (nSPS) is 17.1. The monoisotopic (exact) mass is 415 g/mol. The van der Waals surface area contributed by atoms with Crippen molar-refractivity contribution < 1.29 is 13.2 Å². The minimum Gasteiger partial charge on any atom is -0.324 e. The van der Waals surface area contributed by atoms with E-state index in [1.807, 2.05) is 62.9 Å². The van der Waals surface area contributed by atoms with E-state index in [0.29, 0.717) is 31.1 Å². The third-order valence-electron chi connectivity index (χ3n) is 5.50. The van der Waals surface area contributed by atoms with Gasteiger partial charge < -0.3 is 5.32 Å². The SMILES string of the molecule is Cc1ccc(S(=O)(=O)N2CCN([C@@H](C)C(=O)Nc3ccc(C)cc3C)CC2)cc1. The van der Waals surface area contributed by atoms with E-state index in [0.717, 1.165) is 22.4 Å². The molecule has 1 amide bonds. The topological polar surface area (TPSA) is 69.7 Å². The Morgan fingerprint density at radius 1 is 0.931 bits per heavy atom. The zero-order valence-electron chi connectivity index (χ0n) is 17.5. The van der Waals surface area contributed by atoms with Gasteiger partial charge in [0.15, 0.2) is 0 Å². The summed E-state index contributed by atoms with van der Waals surface area (Å²) in [6.45, 7) is 9.57. The maximum atomic E-state index is 12.8.